The van der Waals surface area contributed by atoms with E-state index in [1.165, 1.54) is 0 Å². The maximum absolute atomic E-state index is 9.40. The zero-order chi connectivity index (χ0) is 10.0. The predicted octanol–water partition coefficient (Wildman–Crippen LogP) is 2.37. The molecule has 1 atom stereocenters. The third-order valence-electron chi connectivity index (χ3n) is 2.17. The molecule has 0 radical (unpaired) electrons. The van der Waals surface area contributed by atoms with Gasteiger partial charge in [-0.2, -0.15) is 0 Å². The second-order valence-corrected chi connectivity index (χ2v) is 3.36. The van der Waals surface area contributed by atoms with Gasteiger partial charge in [-0.05, 0) is 49.6 Å². The average Bonchev–Trinajstić information content (AvgIpc) is 2.03. The van der Waals surface area contributed by atoms with E-state index in [2.05, 4.69) is 0 Å². The molecule has 0 saturated carbocycles. The molecule has 0 aliphatic carbocycles. The first-order valence-corrected chi connectivity index (χ1v) is 4.39. The lowest BCUT2D eigenvalue weighted by Crippen LogP contribution is -1.96. The fraction of sp³-hybridized carbons (Fsp3) is 0.455. The van der Waals surface area contributed by atoms with Crippen molar-refractivity contribution in [3.05, 3.63) is 28.8 Å². The SMILES string of the molecule is COc1c(C)cc(C(C)O)cc1C. The molecule has 0 spiro atoms. The van der Waals surface area contributed by atoms with Crippen LogP contribution in [0.25, 0.3) is 0 Å². The van der Waals surface area contributed by atoms with Gasteiger partial charge in [0.2, 0.25) is 0 Å². The third-order valence-corrected chi connectivity index (χ3v) is 2.17. The molecule has 1 N–H and O–H groups in total. The van der Waals surface area contributed by atoms with Crippen LogP contribution in [0.4, 0.5) is 0 Å². The number of aliphatic hydroxyl groups is 1. The number of rotatable bonds is 2. The largest absolute Gasteiger partial charge is 0.496 e. The lowest BCUT2D eigenvalue weighted by atomic mass is 10.0. The average molecular weight is 180 g/mol. The zero-order valence-electron chi connectivity index (χ0n) is 8.59. The Morgan fingerprint density at radius 1 is 1.23 bits per heavy atom. The van der Waals surface area contributed by atoms with Crippen molar-refractivity contribution in [2.45, 2.75) is 26.9 Å². The van der Waals surface area contributed by atoms with Gasteiger partial charge < -0.3 is 9.84 Å². The fourth-order valence-electron chi connectivity index (χ4n) is 1.55. The van der Waals surface area contributed by atoms with Gasteiger partial charge in [0.25, 0.3) is 0 Å². The van der Waals surface area contributed by atoms with Gasteiger partial charge in [0.05, 0.1) is 13.2 Å². The van der Waals surface area contributed by atoms with E-state index in [0.29, 0.717) is 0 Å². The van der Waals surface area contributed by atoms with Crippen molar-refractivity contribution in [1.29, 1.82) is 0 Å². The summed E-state index contributed by atoms with van der Waals surface area (Å²) in [6.07, 6.45) is -0.414. The van der Waals surface area contributed by atoms with Gasteiger partial charge in [0.15, 0.2) is 0 Å². The number of aryl methyl sites for hydroxylation is 2. The number of benzene rings is 1. The van der Waals surface area contributed by atoms with Gasteiger partial charge in [-0.3, -0.25) is 0 Å². The van der Waals surface area contributed by atoms with E-state index in [-0.39, 0.29) is 0 Å². The Hall–Kier alpha value is -1.02. The first-order valence-electron chi connectivity index (χ1n) is 4.39. The number of methoxy groups -OCH3 is 1. The molecule has 0 bridgehead atoms. The summed E-state index contributed by atoms with van der Waals surface area (Å²) >= 11 is 0. The van der Waals surface area contributed by atoms with Crippen LogP contribution in [-0.2, 0) is 0 Å². The van der Waals surface area contributed by atoms with Gasteiger partial charge in [0.1, 0.15) is 5.75 Å². The van der Waals surface area contributed by atoms with E-state index in [9.17, 15) is 5.11 Å². The summed E-state index contributed by atoms with van der Waals surface area (Å²) in [6, 6.07) is 3.91. The lowest BCUT2D eigenvalue weighted by Gasteiger charge is -2.12. The molecule has 1 aromatic carbocycles. The highest BCUT2D eigenvalue weighted by Crippen LogP contribution is 2.26. The van der Waals surface area contributed by atoms with Crippen LogP contribution in [0.15, 0.2) is 12.1 Å². The number of hydrogen-bond donors (Lipinski definition) is 1. The van der Waals surface area contributed by atoms with Crippen LogP contribution >= 0.6 is 0 Å². The molecule has 1 rings (SSSR count). The molecule has 0 saturated heterocycles. The van der Waals surface area contributed by atoms with Crippen molar-refractivity contribution in [3.8, 4) is 5.75 Å². The minimum absolute atomic E-state index is 0.414. The molecule has 13 heavy (non-hydrogen) atoms. The molecular weight excluding hydrogens is 164 g/mol. The van der Waals surface area contributed by atoms with E-state index in [0.717, 1.165) is 22.4 Å². The van der Waals surface area contributed by atoms with Crippen LogP contribution in [0.5, 0.6) is 5.75 Å². The Kier molecular flexibility index (Phi) is 2.94. The molecule has 0 fully saturated rings. The summed E-state index contributed by atoms with van der Waals surface area (Å²) < 4.78 is 5.23. The highest BCUT2D eigenvalue weighted by atomic mass is 16.5. The molecule has 0 aromatic heterocycles. The van der Waals surface area contributed by atoms with E-state index < -0.39 is 6.10 Å². The number of ether oxygens (including phenoxy) is 1. The summed E-state index contributed by atoms with van der Waals surface area (Å²) in [5.74, 6) is 0.907. The van der Waals surface area contributed by atoms with Crippen molar-refractivity contribution in [2.24, 2.45) is 0 Å². The highest BCUT2D eigenvalue weighted by Gasteiger charge is 2.07. The molecule has 0 heterocycles. The van der Waals surface area contributed by atoms with E-state index in [4.69, 9.17) is 4.74 Å². The van der Waals surface area contributed by atoms with Crippen LogP contribution in [0, 0.1) is 13.8 Å². The van der Waals surface area contributed by atoms with Crippen molar-refractivity contribution in [1.82, 2.24) is 0 Å². The predicted molar refractivity (Wildman–Crippen MR) is 53.1 cm³/mol. The Morgan fingerprint density at radius 2 is 1.69 bits per heavy atom. The molecule has 1 unspecified atom stereocenters. The highest BCUT2D eigenvalue weighted by molar-refractivity contribution is 5.43. The number of hydrogen-bond acceptors (Lipinski definition) is 2. The van der Waals surface area contributed by atoms with E-state index >= 15 is 0 Å². The minimum atomic E-state index is -0.414. The Bertz CT molecular complexity index is 280. The standard InChI is InChI=1S/C11H16O2/c1-7-5-10(9(3)12)6-8(2)11(7)13-4/h5-6,9,12H,1-4H3. The van der Waals surface area contributed by atoms with Crippen LogP contribution in [0.1, 0.15) is 29.7 Å². The molecule has 1 aromatic rings. The van der Waals surface area contributed by atoms with Crippen LogP contribution in [0.2, 0.25) is 0 Å². The number of aliphatic hydroxyl groups excluding tert-OH is 1. The van der Waals surface area contributed by atoms with Gasteiger partial charge in [-0.1, -0.05) is 0 Å². The summed E-state index contributed by atoms with van der Waals surface area (Å²) in [5, 5.41) is 9.40. The van der Waals surface area contributed by atoms with Crippen LogP contribution in [-0.4, -0.2) is 12.2 Å². The Labute approximate surface area is 79.2 Å². The first-order chi connectivity index (χ1) is 6.06. The van der Waals surface area contributed by atoms with Crippen molar-refractivity contribution < 1.29 is 9.84 Å². The van der Waals surface area contributed by atoms with Gasteiger partial charge in [-0.25, -0.2) is 0 Å². The second kappa shape index (κ2) is 3.79. The quantitative estimate of drug-likeness (QED) is 0.757. The van der Waals surface area contributed by atoms with E-state index in [1.807, 2.05) is 26.0 Å². The monoisotopic (exact) mass is 180 g/mol. The maximum Gasteiger partial charge on any atom is 0.124 e. The Morgan fingerprint density at radius 3 is 2.00 bits per heavy atom. The fourth-order valence-corrected chi connectivity index (χ4v) is 1.55. The molecule has 0 aliphatic rings. The molecule has 2 heteroatoms. The maximum atomic E-state index is 9.40. The summed E-state index contributed by atoms with van der Waals surface area (Å²) in [7, 11) is 1.66. The summed E-state index contributed by atoms with van der Waals surface area (Å²) in [6.45, 7) is 5.73. The molecule has 0 amide bonds. The molecule has 2 nitrogen and oxygen atoms in total. The van der Waals surface area contributed by atoms with Crippen molar-refractivity contribution in [2.75, 3.05) is 7.11 Å². The smallest absolute Gasteiger partial charge is 0.124 e. The topological polar surface area (TPSA) is 29.5 Å². The third kappa shape index (κ3) is 2.01. The zero-order valence-corrected chi connectivity index (χ0v) is 8.59. The first kappa shape index (κ1) is 10.1. The van der Waals surface area contributed by atoms with Crippen molar-refractivity contribution in [3.63, 3.8) is 0 Å². The van der Waals surface area contributed by atoms with Crippen LogP contribution in [0.3, 0.4) is 0 Å². The minimum Gasteiger partial charge on any atom is -0.496 e. The van der Waals surface area contributed by atoms with Gasteiger partial charge in [0, 0.05) is 0 Å². The van der Waals surface area contributed by atoms with E-state index in [1.54, 1.807) is 14.0 Å². The van der Waals surface area contributed by atoms with Crippen LogP contribution < -0.4 is 4.74 Å². The molecule has 72 valence electrons. The normalized spacial score (nSPS) is 12.7. The summed E-state index contributed by atoms with van der Waals surface area (Å²) in [5.41, 5.74) is 3.08. The van der Waals surface area contributed by atoms with Crippen molar-refractivity contribution >= 4 is 0 Å². The van der Waals surface area contributed by atoms with Gasteiger partial charge >= 0.3 is 0 Å². The Balaban J connectivity index is 3.20. The van der Waals surface area contributed by atoms with Gasteiger partial charge in [-0.15, -0.1) is 0 Å². The molecule has 0 aliphatic heterocycles. The molecular formula is C11H16O2. The summed E-state index contributed by atoms with van der Waals surface area (Å²) in [4.78, 5) is 0. The lowest BCUT2D eigenvalue weighted by molar-refractivity contribution is 0.199. The second-order valence-electron chi connectivity index (χ2n) is 3.36.